The lowest BCUT2D eigenvalue weighted by atomic mass is 10.0. The lowest BCUT2D eigenvalue weighted by Crippen LogP contribution is -2.53. The summed E-state index contributed by atoms with van der Waals surface area (Å²) in [6.45, 7) is 3.86. The first kappa shape index (κ1) is 34.9. The largest absolute Gasteiger partial charge is 0.457 e. The molecule has 5 rings (SSSR count). The first-order valence-corrected chi connectivity index (χ1v) is 17.8. The first-order valence-electron chi connectivity index (χ1n) is 16.3. The summed E-state index contributed by atoms with van der Waals surface area (Å²) in [6, 6.07) is 40.3. The van der Waals surface area contributed by atoms with Gasteiger partial charge in [-0.05, 0) is 73.0 Å². The Labute approximate surface area is 289 Å². The van der Waals surface area contributed by atoms with Crippen molar-refractivity contribution in [2.75, 3.05) is 17.4 Å². The number of amides is 2. The third-order valence-corrected chi connectivity index (χ3v) is 9.80. The highest BCUT2D eigenvalue weighted by atomic mass is 32.2. The van der Waals surface area contributed by atoms with Gasteiger partial charge in [0.25, 0.3) is 10.0 Å². The molecule has 252 valence electrons. The predicted octanol–water partition coefficient (Wildman–Crippen LogP) is 7.15. The molecule has 0 saturated carbocycles. The maximum absolute atomic E-state index is 14.6. The molecule has 0 aliphatic carbocycles. The lowest BCUT2D eigenvalue weighted by molar-refractivity contribution is -0.140. The molecule has 0 bridgehead atoms. The fourth-order valence-electron chi connectivity index (χ4n) is 5.37. The van der Waals surface area contributed by atoms with E-state index in [-0.39, 0.29) is 29.5 Å². The van der Waals surface area contributed by atoms with Crippen LogP contribution in [0.1, 0.15) is 30.0 Å². The minimum Gasteiger partial charge on any atom is -0.457 e. The highest BCUT2D eigenvalue weighted by molar-refractivity contribution is 7.92. The third-order valence-electron chi connectivity index (χ3n) is 8.01. The molecule has 0 fully saturated rings. The molecule has 0 aromatic heterocycles. The van der Waals surface area contributed by atoms with Gasteiger partial charge in [0.2, 0.25) is 11.8 Å². The second-order valence-corrected chi connectivity index (χ2v) is 13.6. The van der Waals surface area contributed by atoms with Gasteiger partial charge in [-0.3, -0.25) is 13.9 Å². The summed E-state index contributed by atoms with van der Waals surface area (Å²) in [7, 11) is -4.22. The Balaban J connectivity index is 1.54. The summed E-state index contributed by atoms with van der Waals surface area (Å²) in [4.78, 5) is 29.9. The van der Waals surface area contributed by atoms with Gasteiger partial charge in [-0.2, -0.15) is 0 Å². The van der Waals surface area contributed by atoms with Crippen molar-refractivity contribution in [1.82, 2.24) is 10.2 Å². The summed E-state index contributed by atoms with van der Waals surface area (Å²) in [5, 5.41) is 2.97. The van der Waals surface area contributed by atoms with Crippen LogP contribution in [0.4, 0.5) is 5.69 Å². The highest BCUT2D eigenvalue weighted by Gasteiger charge is 2.34. The van der Waals surface area contributed by atoms with E-state index in [0.29, 0.717) is 18.0 Å². The minimum absolute atomic E-state index is 0.0478. The number of nitrogens with zero attached hydrogens (tertiary/aromatic N) is 2. The second kappa shape index (κ2) is 16.6. The molecule has 8 nitrogen and oxygen atoms in total. The van der Waals surface area contributed by atoms with Crippen LogP contribution in [-0.2, 0) is 32.6 Å². The summed E-state index contributed by atoms with van der Waals surface area (Å²) < 4.78 is 35.7. The van der Waals surface area contributed by atoms with Crippen molar-refractivity contribution in [1.29, 1.82) is 0 Å². The Hall–Kier alpha value is -5.41. The Morgan fingerprint density at radius 3 is 1.86 bits per heavy atom. The van der Waals surface area contributed by atoms with Gasteiger partial charge in [-0.15, -0.1) is 0 Å². The van der Waals surface area contributed by atoms with Gasteiger partial charge in [-0.25, -0.2) is 8.42 Å². The van der Waals surface area contributed by atoms with Gasteiger partial charge in [0, 0.05) is 19.5 Å². The molecule has 1 unspecified atom stereocenters. The van der Waals surface area contributed by atoms with Gasteiger partial charge < -0.3 is 15.0 Å². The summed E-state index contributed by atoms with van der Waals surface area (Å²) in [6.07, 6.45) is 0.980. The molecule has 1 atom stereocenters. The van der Waals surface area contributed by atoms with Gasteiger partial charge in [0.15, 0.2) is 0 Å². The normalized spacial score (nSPS) is 11.7. The molecule has 0 spiro atoms. The summed E-state index contributed by atoms with van der Waals surface area (Å²) >= 11 is 0. The zero-order valence-electron chi connectivity index (χ0n) is 27.7. The molecule has 0 aliphatic rings. The Kier molecular flexibility index (Phi) is 11.8. The maximum atomic E-state index is 14.6. The van der Waals surface area contributed by atoms with Gasteiger partial charge in [0.1, 0.15) is 24.1 Å². The Morgan fingerprint density at radius 1 is 0.714 bits per heavy atom. The van der Waals surface area contributed by atoms with Gasteiger partial charge in [0.05, 0.1) is 10.6 Å². The molecule has 5 aromatic rings. The van der Waals surface area contributed by atoms with Crippen LogP contribution in [0, 0.1) is 6.92 Å². The number of ether oxygens (including phenoxy) is 1. The predicted molar refractivity (Wildman–Crippen MR) is 193 cm³/mol. The van der Waals surface area contributed by atoms with Crippen molar-refractivity contribution >= 4 is 27.5 Å². The molecule has 5 aromatic carbocycles. The Morgan fingerprint density at radius 2 is 1.27 bits per heavy atom. The number of anilines is 1. The van der Waals surface area contributed by atoms with Crippen LogP contribution in [0.15, 0.2) is 144 Å². The van der Waals surface area contributed by atoms with E-state index in [9.17, 15) is 18.0 Å². The van der Waals surface area contributed by atoms with E-state index < -0.39 is 28.5 Å². The van der Waals surface area contributed by atoms with Gasteiger partial charge >= 0.3 is 0 Å². The van der Waals surface area contributed by atoms with Crippen LogP contribution < -0.4 is 14.4 Å². The van der Waals surface area contributed by atoms with Gasteiger partial charge in [-0.1, -0.05) is 103 Å². The molecule has 0 radical (unpaired) electrons. The SMILES string of the molecule is CCCNC(=O)C(Cc1ccccc1)N(Cc1ccccc1)C(=O)CN(c1ccc(Oc2ccccc2)cc1)S(=O)(=O)c1ccc(C)cc1. The number of rotatable bonds is 15. The van der Waals surface area contributed by atoms with Crippen molar-refractivity contribution in [2.45, 2.75) is 44.2 Å². The number of nitrogens with one attached hydrogen (secondary N) is 1. The molecule has 0 heterocycles. The van der Waals surface area contributed by atoms with E-state index in [2.05, 4.69) is 5.32 Å². The van der Waals surface area contributed by atoms with Crippen molar-refractivity contribution in [2.24, 2.45) is 0 Å². The molecule has 49 heavy (non-hydrogen) atoms. The van der Waals surface area contributed by atoms with Crippen molar-refractivity contribution < 1.29 is 22.7 Å². The van der Waals surface area contributed by atoms with E-state index >= 15 is 0 Å². The van der Waals surface area contributed by atoms with E-state index in [1.165, 1.54) is 17.0 Å². The van der Waals surface area contributed by atoms with Crippen molar-refractivity contribution in [3.8, 4) is 11.5 Å². The zero-order valence-corrected chi connectivity index (χ0v) is 28.6. The zero-order chi connectivity index (χ0) is 34.6. The molecule has 1 N–H and O–H groups in total. The molecular weight excluding hydrogens is 635 g/mol. The summed E-state index contributed by atoms with van der Waals surface area (Å²) in [5.74, 6) is 0.328. The fraction of sp³-hybridized carbons (Fsp3) is 0.200. The molecule has 0 saturated heterocycles. The van der Waals surface area contributed by atoms with Crippen LogP contribution in [-0.4, -0.2) is 44.3 Å². The standard InChI is InChI=1S/C40H41N3O5S/c1-3-27-41-40(45)38(28-32-13-7-4-8-14-32)42(29-33-15-9-5-10-16-33)39(44)30-43(49(46,47)37-25-19-31(2)20-26-37)34-21-23-36(24-22-34)48-35-17-11-6-12-18-35/h4-26,38H,3,27-30H2,1-2H3,(H,41,45). The van der Waals surface area contributed by atoms with Crippen LogP contribution in [0.25, 0.3) is 0 Å². The number of para-hydroxylation sites is 1. The van der Waals surface area contributed by atoms with Crippen LogP contribution >= 0.6 is 0 Å². The number of sulfonamides is 1. The van der Waals surface area contributed by atoms with E-state index in [1.807, 2.05) is 105 Å². The number of benzene rings is 5. The van der Waals surface area contributed by atoms with Crippen LogP contribution in [0.3, 0.4) is 0 Å². The third kappa shape index (κ3) is 9.36. The minimum atomic E-state index is -4.22. The number of hydrogen-bond acceptors (Lipinski definition) is 5. The van der Waals surface area contributed by atoms with Crippen molar-refractivity contribution in [3.63, 3.8) is 0 Å². The average molecular weight is 676 g/mol. The number of carbonyl (C=O) groups is 2. The topological polar surface area (TPSA) is 96.0 Å². The quantitative estimate of drug-likeness (QED) is 0.127. The lowest BCUT2D eigenvalue weighted by Gasteiger charge is -2.34. The molecule has 9 heteroatoms. The van der Waals surface area contributed by atoms with Crippen molar-refractivity contribution in [3.05, 3.63) is 156 Å². The fourth-order valence-corrected chi connectivity index (χ4v) is 6.79. The first-order chi connectivity index (χ1) is 23.7. The average Bonchev–Trinajstić information content (AvgIpc) is 3.13. The van der Waals surface area contributed by atoms with Crippen LogP contribution in [0.5, 0.6) is 11.5 Å². The highest BCUT2D eigenvalue weighted by Crippen LogP contribution is 2.29. The Bertz CT molecular complexity index is 1900. The van der Waals surface area contributed by atoms with Crippen LogP contribution in [0.2, 0.25) is 0 Å². The number of aryl methyl sites for hydroxylation is 1. The smallest absolute Gasteiger partial charge is 0.264 e. The van der Waals surface area contributed by atoms with E-state index in [1.54, 1.807) is 36.4 Å². The summed E-state index contributed by atoms with van der Waals surface area (Å²) in [5.41, 5.74) is 2.87. The second-order valence-electron chi connectivity index (χ2n) is 11.7. The molecular formula is C40H41N3O5S. The molecule has 2 amide bonds. The number of hydrogen-bond donors (Lipinski definition) is 1. The van der Waals surface area contributed by atoms with E-state index in [0.717, 1.165) is 27.4 Å². The monoisotopic (exact) mass is 675 g/mol. The maximum Gasteiger partial charge on any atom is 0.264 e. The number of carbonyl (C=O) groups excluding carboxylic acids is 2. The van der Waals surface area contributed by atoms with E-state index in [4.69, 9.17) is 4.74 Å². The molecule has 0 aliphatic heterocycles.